The van der Waals surface area contributed by atoms with E-state index in [1.54, 1.807) is 0 Å². The van der Waals surface area contributed by atoms with Crippen LogP contribution in [-0.4, -0.2) is 57.7 Å². The Kier molecular flexibility index (Phi) is 7.52. The van der Waals surface area contributed by atoms with Crippen molar-refractivity contribution in [3.63, 3.8) is 0 Å². The second-order valence-corrected chi connectivity index (χ2v) is 11.8. The number of alkyl halides is 1. The third kappa shape index (κ3) is 6.51. The fraction of sp³-hybridized carbons (Fsp3) is 0.667. The predicted octanol–water partition coefficient (Wildman–Crippen LogP) is 0.0730. The Morgan fingerprint density at radius 3 is 2.27 bits per heavy atom. The molecule has 21 heteroatoms. The number of hydrogen-bond donors (Lipinski definition) is 6. The summed E-state index contributed by atoms with van der Waals surface area (Å²) in [5.41, 5.74) is -1.21. The molecule has 0 saturated carbocycles. The van der Waals surface area contributed by atoms with E-state index in [1.807, 2.05) is 0 Å². The maximum atomic E-state index is 15.3. The minimum Gasteiger partial charge on any atom is -0.387 e. The molecule has 1 aliphatic rings. The van der Waals surface area contributed by atoms with Gasteiger partial charge >= 0.3 is 29.2 Å². The van der Waals surface area contributed by atoms with Crippen molar-refractivity contribution in [1.82, 2.24) is 9.55 Å². The molecule has 0 aromatic carbocycles. The monoisotopic (exact) mass is 545 g/mol. The molecule has 6 atom stereocenters. The first-order chi connectivity index (χ1) is 14.6. The Balaban J connectivity index is 2.33. The van der Waals surface area contributed by atoms with Gasteiger partial charge in [0.05, 0.1) is 6.20 Å². The number of phosphoric acid groups is 3. The lowest BCUT2D eigenvalue weighted by molar-refractivity contribution is -0.119. The largest absolute Gasteiger partial charge is 0.490 e. The number of nitrogens with two attached hydrogens (primary N) is 1. The topological polar surface area (TPSA) is 250 Å². The predicted molar refractivity (Wildman–Crippen MR) is 101 cm³/mol. The molecule has 2 heterocycles. The van der Waals surface area contributed by atoms with Crippen LogP contribution in [-0.2, 0) is 31.6 Å². The Morgan fingerprint density at radius 1 is 1.21 bits per heavy atom. The summed E-state index contributed by atoms with van der Waals surface area (Å²) in [7, 11) is -17.2. The smallest absolute Gasteiger partial charge is 0.387 e. The molecule has 190 valence electrons. The number of rotatable bonds is 8. The molecule has 7 N–H and O–H groups in total. The number of phosphoric ester groups is 1. The molecule has 0 spiro atoms. The van der Waals surface area contributed by atoms with Gasteiger partial charge in [-0.25, -0.2) is 27.3 Å². The molecule has 1 saturated heterocycles. The summed E-state index contributed by atoms with van der Waals surface area (Å²) in [6.45, 7) is 2.62. The van der Waals surface area contributed by atoms with E-state index >= 15 is 4.39 Å². The van der Waals surface area contributed by atoms with Crippen molar-refractivity contribution in [3.8, 4) is 0 Å². The maximum Gasteiger partial charge on any atom is 0.490 e. The molecule has 0 amide bonds. The van der Waals surface area contributed by atoms with E-state index in [1.165, 1.54) is 0 Å². The number of ether oxygens (including phenoxy) is 1. The summed E-state index contributed by atoms with van der Waals surface area (Å²) in [4.78, 5) is 51.2. The standard InChI is InChI=1S/C12H20F2N3O13P3/c1-11(2,28-32(23,24)30-33(25,26)29-31(20,21)22)7-6(18)12(3,14)9(27-7)17-4-5(13)8(15)16-10(17)19/h4,6-7,9,18H,1-3H3,(H,23,24)(H,25,26)(H2,15,16,19)(H2,20,21,22)/t6?,7-,9+,12+/m0/s1. The molecule has 1 aromatic rings. The van der Waals surface area contributed by atoms with Crippen LogP contribution in [0, 0.1) is 5.82 Å². The summed E-state index contributed by atoms with van der Waals surface area (Å²) < 4.78 is 80.8. The number of nitrogen functional groups attached to an aromatic ring is 1. The van der Waals surface area contributed by atoms with Crippen LogP contribution < -0.4 is 11.4 Å². The Bertz CT molecular complexity index is 1120. The molecular weight excluding hydrogens is 525 g/mol. The lowest BCUT2D eigenvalue weighted by atomic mass is 9.90. The van der Waals surface area contributed by atoms with Gasteiger partial charge in [0, 0.05) is 0 Å². The van der Waals surface area contributed by atoms with Crippen molar-refractivity contribution in [2.75, 3.05) is 5.73 Å². The van der Waals surface area contributed by atoms with Gasteiger partial charge in [-0.05, 0) is 20.8 Å². The number of anilines is 1. The van der Waals surface area contributed by atoms with Crippen molar-refractivity contribution >= 4 is 29.3 Å². The molecule has 1 aliphatic heterocycles. The molecular formula is C12H20F2N3O13P3. The van der Waals surface area contributed by atoms with Crippen molar-refractivity contribution in [2.24, 2.45) is 0 Å². The first-order valence-corrected chi connectivity index (χ1v) is 13.0. The Hall–Kier alpha value is -1.13. The molecule has 1 fully saturated rings. The minimum atomic E-state index is -5.86. The summed E-state index contributed by atoms with van der Waals surface area (Å²) in [5, 5.41) is 10.4. The lowest BCUT2D eigenvalue weighted by Crippen LogP contribution is -2.49. The summed E-state index contributed by atoms with van der Waals surface area (Å²) in [6, 6.07) is 0. The van der Waals surface area contributed by atoms with Gasteiger partial charge in [-0.15, -0.1) is 0 Å². The lowest BCUT2D eigenvalue weighted by Gasteiger charge is -2.34. The molecule has 0 bridgehead atoms. The van der Waals surface area contributed by atoms with Crippen LogP contribution >= 0.6 is 23.5 Å². The quantitative estimate of drug-likeness (QED) is 0.237. The van der Waals surface area contributed by atoms with Crippen LogP contribution in [0.15, 0.2) is 11.0 Å². The molecule has 0 radical (unpaired) electrons. The normalized spacial score (nSPS) is 30.1. The molecule has 16 nitrogen and oxygen atoms in total. The van der Waals surface area contributed by atoms with Crippen molar-refractivity contribution in [2.45, 2.75) is 50.5 Å². The fourth-order valence-corrected chi connectivity index (χ4v) is 6.28. The van der Waals surface area contributed by atoms with Crippen LogP contribution in [0.5, 0.6) is 0 Å². The van der Waals surface area contributed by atoms with Crippen molar-refractivity contribution in [1.29, 1.82) is 0 Å². The van der Waals surface area contributed by atoms with E-state index in [9.17, 15) is 37.8 Å². The van der Waals surface area contributed by atoms with Gasteiger partial charge in [0.15, 0.2) is 23.5 Å². The van der Waals surface area contributed by atoms with E-state index in [0.717, 1.165) is 20.8 Å². The average Bonchev–Trinajstić information content (AvgIpc) is 2.77. The van der Waals surface area contributed by atoms with Crippen molar-refractivity contribution in [3.05, 3.63) is 22.5 Å². The summed E-state index contributed by atoms with van der Waals surface area (Å²) in [6.07, 6.45) is -5.71. The zero-order chi connectivity index (χ0) is 25.8. The van der Waals surface area contributed by atoms with Crippen LogP contribution in [0.1, 0.15) is 27.0 Å². The number of aliphatic hydroxyl groups excluding tert-OH is 1. The number of aromatic nitrogens is 2. The van der Waals surface area contributed by atoms with Crippen LogP contribution in [0.3, 0.4) is 0 Å². The third-order valence-corrected chi connectivity index (χ3v) is 8.29. The Morgan fingerprint density at radius 2 is 1.76 bits per heavy atom. The van der Waals surface area contributed by atoms with Gasteiger partial charge in [-0.3, -0.25) is 9.09 Å². The number of aliphatic hydroxyl groups is 1. The van der Waals surface area contributed by atoms with E-state index in [-0.39, 0.29) is 0 Å². The van der Waals surface area contributed by atoms with Crippen molar-refractivity contribution < 1.29 is 65.0 Å². The van der Waals surface area contributed by atoms with Crippen LogP contribution in [0.4, 0.5) is 14.6 Å². The highest BCUT2D eigenvalue weighted by molar-refractivity contribution is 7.66. The van der Waals surface area contributed by atoms with Crippen LogP contribution in [0.2, 0.25) is 0 Å². The highest BCUT2D eigenvalue weighted by Gasteiger charge is 2.61. The Labute approximate surface area is 183 Å². The highest BCUT2D eigenvalue weighted by Crippen LogP contribution is 2.67. The maximum absolute atomic E-state index is 15.3. The van der Waals surface area contributed by atoms with Gasteiger partial charge in [0.1, 0.15) is 17.8 Å². The first kappa shape index (κ1) is 28.1. The van der Waals surface area contributed by atoms with Crippen LogP contribution in [0.25, 0.3) is 0 Å². The SMILES string of the molecule is CC(C)(OP(=O)(O)OP(=O)(O)OP(=O)(O)O)[C@H]1O[C@@H](n2cc(F)c(N)nc2=O)[C@](C)(F)C1O. The first-order valence-electron chi connectivity index (χ1n) is 8.49. The fourth-order valence-electron chi connectivity index (χ4n) is 2.94. The zero-order valence-electron chi connectivity index (χ0n) is 16.9. The zero-order valence-corrected chi connectivity index (χ0v) is 19.6. The van der Waals surface area contributed by atoms with E-state index in [0.29, 0.717) is 10.8 Å². The van der Waals surface area contributed by atoms with E-state index in [4.69, 9.17) is 20.3 Å². The van der Waals surface area contributed by atoms with E-state index in [2.05, 4.69) is 18.1 Å². The summed E-state index contributed by atoms with van der Waals surface area (Å²) in [5.74, 6) is -2.01. The second-order valence-electron chi connectivity index (χ2n) is 7.45. The van der Waals surface area contributed by atoms with Gasteiger partial charge < -0.3 is 35.2 Å². The van der Waals surface area contributed by atoms with Gasteiger partial charge in [-0.2, -0.15) is 13.6 Å². The number of halogens is 2. The molecule has 2 rings (SSSR count). The average molecular weight is 545 g/mol. The molecule has 1 aromatic heterocycles. The van der Waals surface area contributed by atoms with Gasteiger partial charge in [-0.1, -0.05) is 0 Å². The second kappa shape index (κ2) is 8.82. The van der Waals surface area contributed by atoms with Gasteiger partial charge in [0.2, 0.25) is 0 Å². The third-order valence-electron chi connectivity index (χ3n) is 4.26. The number of nitrogens with zero attached hydrogens (tertiary/aromatic N) is 2. The molecule has 3 unspecified atom stereocenters. The number of hydrogen-bond acceptors (Lipinski definition) is 11. The highest BCUT2D eigenvalue weighted by atomic mass is 31.3. The van der Waals surface area contributed by atoms with Gasteiger partial charge in [0.25, 0.3) is 0 Å². The van der Waals surface area contributed by atoms with E-state index < -0.39 is 70.5 Å². The molecule has 33 heavy (non-hydrogen) atoms. The molecule has 0 aliphatic carbocycles. The summed E-state index contributed by atoms with van der Waals surface area (Å²) >= 11 is 0. The minimum absolute atomic E-state index is 0.329.